The molecule has 0 bridgehead atoms. The van der Waals surface area contributed by atoms with Crippen LogP contribution in [0.1, 0.15) is 40.9 Å². The van der Waals surface area contributed by atoms with Gasteiger partial charge in [0.2, 0.25) is 0 Å². The van der Waals surface area contributed by atoms with E-state index in [0.29, 0.717) is 30.8 Å². The number of benzene rings is 3. The highest BCUT2D eigenvalue weighted by Gasteiger charge is 2.29. The Labute approximate surface area is 204 Å². The monoisotopic (exact) mass is 465 g/mol. The molecule has 0 aliphatic carbocycles. The van der Waals surface area contributed by atoms with Crippen LogP contribution in [0.15, 0.2) is 83.7 Å². The van der Waals surface area contributed by atoms with Crippen molar-refractivity contribution in [3.63, 3.8) is 0 Å². The molecular formula is C29H27N3O3. The van der Waals surface area contributed by atoms with E-state index in [2.05, 4.69) is 10.4 Å². The van der Waals surface area contributed by atoms with Crippen LogP contribution in [0.25, 0.3) is 22.4 Å². The second-order valence-corrected chi connectivity index (χ2v) is 8.66. The Morgan fingerprint density at radius 1 is 1.03 bits per heavy atom. The largest absolute Gasteiger partial charge is 0.493 e. The molecule has 3 aromatic carbocycles. The quantitative estimate of drug-likeness (QED) is 0.442. The highest BCUT2D eigenvalue weighted by atomic mass is 16.5. The van der Waals surface area contributed by atoms with E-state index in [9.17, 15) is 9.59 Å². The molecule has 1 amide bonds. The lowest BCUT2D eigenvalue weighted by molar-refractivity contribution is 0.0923. The Balaban J connectivity index is 1.68. The van der Waals surface area contributed by atoms with Gasteiger partial charge in [0.15, 0.2) is 0 Å². The van der Waals surface area contributed by atoms with Gasteiger partial charge in [-0.25, -0.2) is 4.68 Å². The zero-order valence-electron chi connectivity index (χ0n) is 19.8. The summed E-state index contributed by atoms with van der Waals surface area (Å²) in [6.07, 6.45) is 0.626. The molecule has 1 aromatic heterocycles. The first-order chi connectivity index (χ1) is 17.1. The summed E-state index contributed by atoms with van der Waals surface area (Å²) in [5.74, 6) is 0.357. The number of hydrogen-bond donors (Lipinski definition) is 1. The summed E-state index contributed by atoms with van der Waals surface area (Å²) in [6, 6.07) is 24.9. The molecule has 1 N–H and O–H groups in total. The Hall–Kier alpha value is -4.19. The fraction of sp³-hybridized carbons (Fsp3) is 0.207. The average Bonchev–Trinajstić information content (AvgIpc) is 2.89. The fourth-order valence-corrected chi connectivity index (χ4v) is 4.57. The van der Waals surface area contributed by atoms with Gasteiger partial charge in [-0.05, 0) is 25.5 Å². The third kappa shape index (κ3) is 4.35. The Morgan fingerprint density at radius 3 is 2.40 bits per heavy atom. The number of amides is 1. The Bertz CT molecular complexity index is 1430. The lowest BCUT2D eigenvalue weighted by Crippen LogP contribution is -2.38. The van der Waals surface area contributed by atoms with E-state index in [1.54, 1.807) is 0 Å². The zero-order valence-corrected chi connectivity index (χ0v) is 19.8. The predicted octanol–water partition coefficient (Wildman–Crippen LogP) is 5.16. The molecule has 5 rings (SSSR count). The number of fused-ring (bicyclic) bond motifs is 1. The third-order valence-corrected chi connectivity index (χ3v) is 6.30. The molecule has 0 fully saturated rings. The van der Waals surface area contributed by atoms with Crippen LogP contribution in [-0.4, -0.2) is 22.3 Å². The summed E-state index contributed by atoms with van der Waals surface area (Å²) in [6.45, 7) is 4.71. The van der Waals surface area contributed by atoms with Crippen LogP contribution in [0, 0.1) is 6.92 Å². The van der Waals surface area contributed by atoms with E-state index in [1.165, 1.54) is 4.68 Å². The van der Waals surface area contributed by atoms with Crippen LogP contribution < -0.4 is 15.6 Å². The Morgan fingerprint density at radius 2 is 1.71 bits per heavy atom. The number of carbonyl (C=O) groups is 1. The van der Waals surface area contributed by atoms with Crippen LogP contribution in [0.5, 0.6) is 5.75 Å². The number of aromatic nitrogens is 2. The van der Waals surface area contributed by atoms with Crippen molar-refractivity contribution in [2.24, 2.45) is 0 Å². The minimum Gasteiger partial charge on any atom is -0.493 e. The lowest BCUT2D eigenvalue weighted by atomic mass is 9.94. The van der Waals surface area contributed by atoms with E-state index in [-0.39, 0.29) is 11.6 Å². The van der Waals surface area contributed by atoms with Crippen molar-refractivity contribution in [3.8, 4) is 28.1 Å². The maximum absolute atomic E-state index is 13.9. The van der Waals surface area contributed by atoms with E-state index in [4.69, 9.17) is 4.74 Å². The van der Waals surface area contributed by atoms with Gasteiger partial charge in [0, 0.05) is 29.7 Å². The Kier molecular flexibility index (Phi) is 6.19. The van der Waals surface area contributed by atoms with E-state index >= 15 is 0 Å². The van der Waals surface area contributed by atoms with Gasteiger partial charge in [-0.15, -0.1) is 0 Å². The number of nitrogens with zero attached hydrogens (tertiary/aromatic N) is 2. The molecule has 176 valence electrons. The number of aryl methyl sites for hydroxylation is 2. The first-order valence-electron chi connectivity index (χ1n) is 11.9. The van der Waals surface area contributed by atoms with Gasteiger partial charge in [0.1, 0.15) is 11.3 Å². The summed E-state index contributed by atoms with van der Waals surface area (Å²) in [7, 11) is 0. The molecule has 6 heteroatoms. The van der Waals surface area contributed by atoms with Crippen LogP contribution in [0.4, 0.5) is 0 Å². The SMILES string of the molecule is CCn1nc(-c2ccccc2)c(-c2ccccc2)c(C(=O)NC2CCOc3ccc(C)cc32)c1=O. The smallest absolute Gasteiger partial charge is 0.280 e. The van der Waals surface area contributed by atoms with Crippen LogP contribution in [0.2, 0.25) is 0 Å². The molecule has 4 aromatic rings. The summed E-state index contributed by atoms with van der Waals surface area (Å²) in [5, 5.41) is 7.82. The summed E-state index contributed by atoms with van der Waals surface area (Å²) < 4.78 is 7.17. The molecule has 0 saturated carbocycles. The van der Waals surface area contributed by atoms with Crippen molar-refractivity contribution >= 4 is 5.91 Å². The van der Waals surface area contributed by atoms with E-state index < -0.39 is 11.5 Å². The van der Waals surface area contributed by atoms with Crippen LogP contribution >= 0.6 is 0 Å². The molecule has 35 heavy (non-hydrogen) atoms. The molecule has 1 atom stereocenters. The maximum atomic E-state index is 13.9. The second kappa shape index (κ2) is 9.58. The first-order valence-corrected chi connectivity index (χ1v) is 11.9. The van der Waals surface area contributed by atoms with Crippen molar-refractivity contribution in [1.29, 1.82) is 0 Å². The highest BCUT2D eigenvalue weighted by molar-refractivity contribution is 6.03. The van der Waals surface area contributed by atoms with Crippen molar-refractivity contribution in [3.05, 3.63) is 106 Å². The molecule has 6 nitrogen and oxygen atoms in total. The zero-order chi connectivity index (χ0) is 24.4. The van der Waals surface area contributed by atoms with Gasteiger partial charge in [0.25, 0.3) is 11.5 Å². The van der Waals surface area contributed by atoms with Gasteiger partial charge >= 0.3 is 0 Å². The molecule has 2 heterocycles. The van der Waals surface area contributed by atoms with Crippen molar-refractivity contribution in [1.82, 2.24) is 15.1 Å². The number of nitrogens with one attached hydrogen (secondary N) is 1. The summed E-state index contributed by atoms with van der Waals surface area (Å²) in [5.41, 5.74) is 4.48. The summed E-state index contributed by atoms with van der Waals surface area (Å²) in [4.78, 5) is 27.5. The predicted molar refractivity (Wildman–Crippen MR) is 137 cm³/mol. The molecule has 1 unspecified atom stereocenters. The molecular weight excluding hydrogens is 438 g/mol. The van der Waals surface area contributed by atoms with E-state index in [1.807, 2.05) is 92.7 Å². The lowest BCUT2D eigenvalue weighted by Gasteiger charge is -2.27. The van der Waals surface area contributed by atoms with Gasteiger partial charge in [-0.1, -0.05) is 78.4 Å². The number of hydrogen-bond acceptors (Lipinski definition) is 4. The molecule has 0 saturated heterocycles. The van der Waals surface area contributed by atoms with E-state index in [0.717, 1.165) is 28.0 Å². The fourth-order valence-electron chi connectivity index (χ4n) is 4.57. The third-order valence-electron chi connectivity index (χ3n) is 6.30. The number of ether oxygens (including phenoxy) is 1. The molecule has 1 aliphatic heterocycles. The van der Waals surface area contributed by atoms with Crippen molar-refractivity contribution < 1.29 is 9.53 Å². The van der Waals surface area contributed by atoms with Gasteiger partial charge in [-0.2, -0.15) is 5.10 Å². The minimum atomic E-state index is -0.407. The van der Waals surface area contributed by atoms with Gasteiger partial charge in [0.05, 0.1) is 18.3 Å². The molecule has 0 spiro atoms. The maximum Gasteiger partial charge on any atom is 0.280 e. The number of carbonyl (C=O) groups excluding carboxylic acids is 1. The molecule has 0 radical (unpaired) electrons. The molecule has 1 aliphatic rings. The minimum absolute atomic E-state index is 0.104. The van der Waals surface area contributed by atoms with Crippen LogP contribution in [0.3, 0.4) is 0 Å². The highest BCUT2D eigenvalue weighted by Crippen LogP contribution is 2.35. The normalized spacial score (nSPS) is 14.6. The second-order valence-electron chi connectivity index (χ2n) is 8.66. The van der Waals surface area contributed by atoms with Crippen LogP contribution in [-0.2, 0) is 6.54 Å². The number of rotatable bonds is 5. The van der Waals surface area contributed by atoms with Gasteiger partial charge in [-0.3, -0.25) is 9.59 Å². The average molecular weight is 466 g/mol. The summed E-state index contributed by atoms with van der Waals surface area (Å²) >= 11 is 0. The van der Waals surface area contributed by atoms with Crippen molar-refractivity contribution in [2.75, 3.05) is 6.61 Å². The first kappa shape index (κ1) is 22.6. The standard InChI is InChI=1S/C29H27N3O3/c1-3-32-29(34)26(28(33)30-23-16-17-35-24-15-14-19(2)18-22(23)24)25(20-10-6-4-7-11-20)27(31-32)21-12-8-5-9-13-21/h4-15,18,23H,3,16-17H2,1-2H3,(H,30,33). The topological polar surface area (TPSA) is 73.2 Å². The van der Waals surface area contributed by atoms with Gasteiger partial charge < -0.3 is 10.1 Å². The van der Waals surface area contributed by atoms with Crippen molar-refractivity contribution in [2.45, 2.75) is 32.9 Å².